The lowest BCUT2D eigenvalue weighted by atomic mass is 9.95. The van der Waals surface area contributed by atoms with Gasteiger partial charge in [0.05, 0.1) is 6.04 Å². The second-order valence-corrected chi connectivity index (χ2v) is 5.69. The number of likely N-dealkylation sites (N-methyl/N-ethyl adjacent to an activating group) is 1. The van der Waals surface area contributed by atoms with Gasteiger partial charge in [-0.3, -0.25) is 4.79 Å². The number of carbonyl (C=O) groups excluding carboxylic acids is 1. The molecule has 0 bridgehead atoms. The summed E-state index contributed by atoms with van der Waals surface area (Å²) in [5.41, 5.74) is 2.98. The third-order valence-electron chi connectivity index (χ3n) is 4.12. The Morgan fingerprint density at radius 3 is 2.57 bits per heavy atom. The molecular weight excluding hydrogens is 315 g/mol. The van der Waals surface area contributed by atoms with Crippen LogP contribution in [-0.2, 0) is 24.3 Å². The Kier molecular flexibility index (Phi) is 5.74. The summed E-state index contributed by atoms with van der Waals surface area (Å²) in [6.07, 6.45) is 0.677. The van der Waals surface area contributed by atoms with Gasteiger partial charge in [-0.25, -0.2) is 4.39 Å². The van der Waals surface area contributed by atoms with Gasteiger partial charge >= 0.3 is 0 Å². The van der Waals surface area contributed by atoms with Crippen LogP contribution in [-0.4, -0.2) is 23.9 Å². The molecule has 3 rings (SSSR count). The van der Waals surface area contributed by atoms with Gasteiger partial charge in [0.2, 0.25) is 5.91 Å². The summed E-state index contributed by atoms with van der Waals surface area (Å²) in [5.74, 6) is -0.276. The molecule has 0 aliphatic carbocycles. The van der Waals surface area contributed by atoms with E-state index in [0.29, 0.717) is 18.5 Å². The molecule has 0 radical (unpaired) electrons. The van der Waals surface area contributed by atoms with Gasteiger partial charge in [-0.15, -0.1) is 12.4 Å². The van der Waals surface area contributed by atoms with E-state index >= 15 is 0 Å². The monoisotopic (exact) mass is 334 g/mol. The lowest BCUT2D eigenvalue weighted by Gasteiger charge is -2.29. The highest BCUT2D eigenvalue weighted by molar-refractivity contribution is 5.85. The van der Waals surface area contributed by atoms with E-state index < -0.39 is 0 Å². The zero-order valence-corrected chi connectivity index (χ0v) is 13.8. The van der Waals surface area contributed by atoms with Crippen molar-refractivity contribution in [3.63, 3.8) is 0 Å². The van der Waals surface area contributed by atoms with Crippen molar-refractivity contribution in [1.82, 2.24) is 10.2 Å². The molecule has 1 heterocycles. The fourth-order valence-electron chi connectivity index (χ4n) is 2.86. The smallest absolute Gasteiger partial charge is 0.240 e. The maximum atomic E-state index is 13.7. The van der Waals surface area contributed by atoms with Gasteiger partial charge in [-0.05, 0) is 23.6 Å². The number of benzene rings is 2. The number of hydrogen-bond donors (Lipinski definition) is 1. The molecule has 23 heavy (non-hydrogen) atoms. The zero-order chi connectivity index (χ0) is 15.5. The van der Waals surface area contributed by atoms with E-state index in [1.807, 2.05) is 12.1 Å². The van der Waals surface area contributed by atoms with Crippen LogP contribution in [0.2, 0.25) is 0 Å². The van der Waals surface area contributed by atoms with Crippen molar-refractivity contribution >= 4 is 18.3 Å². The van der Waals surface area contributed by atoms with Crippen molar-refractivity contribution in [1.29, 1.82) is 0 Å². The van der Waals surface area contributed by atoms with Crippen molar-refractivity contribution in [3.8, 4) is 0 Å². The summed E-state index contributed by atoms with van der Waals surface area (Å²) in [6.45, 7) is 0.978. The van der Waals surface area contributed by atoms with E-state index in [0.717, 1.165) is 0 Å². The topological polar surface area (TPSA) is 32.3 Å². The predicted octanol–water partition coefficient (Wildman–Crippen LogP) is 2.92. The quantitative estimate of drug-likeness (QED) is 0.936. The summed E-state index contributed by atoms with van der Waals surface area (Å²) < 4.78 is 13.7. The second kappa shape index (κ2) is 7.57. The number of fused-ring (bicyclic) bond motifs is 1. The zero-order valence-electron chi connectivity index (χ0n) is 13.0. The lowest BCUT2D eigenvalue weighted by Crippen LogP contribution is -2.48. The van der Waals surface area contributed by atoms with Gasteiger partial charge in [0, 0.05) is 25.7 Å². The number of nitrogens with zero attached hydrogens (tertiary/aromatic N) is 1. The molecular formula is C18H20ClFN2O. The van der Waals surface area contributed by atoms with Crippen LogP contribution in [0.5, 0.6) is 0 Å². The minimum atomic E-state index is -0.274. The average molecular weight is 335 g/mol. The summed E-state index contributed by atoms with van der Waals surface area (Å²) in [6, 6.07) is 14.5. The standard InChI is InChI=1S/C18H19FN2O.ClH/c1-21(12-15-8-4-5-9-16(15)19)18(22)17-10-13-6-2-3-7-14(13)11-20-17;/h2-9,17,20H,10-12H2,1H3;1H. The van der Waals surface area contributed by atoms with Gasteiger partial charge < -0.3 is 10.2 Å². The van der Waals surface area contributed by atoms with Crippen LogP contribution in [0.15, 0.2) is 48.5 Å². The Balaban J connectivity index is 0.00000192. The largest absolute Gasteiger partial charge is 0.340 e. The first-order valence-electron chi connectivity index (χ1n) is 7.43. The molecule has 0 saturated heterocycles. The summed E-state index contributed by atoms with van der Waals surface area (Å²) in [4.78, 5) is 14.2. The van der Waals surface area contributed by atoms with Crippen LogP contribution in [0.1, 0.15) is 16.7 Å². The SMILES string of the molecule is CN(Cc1ccccc1F)C(=O)C1Cc2ccccc2CN1.Cl. The fraction of sp³-hybridized carbons (Fsp3) is 0.278. The van der Waals surface area contributed by atoms with E-state index in [9.17, 15) is 9.18 Å². The summed E-state index contributed by atoms with van der Waals surface area (Å²) in [5, 5.41) is 3.27. The van der Waals surface area contributed by atoms with Gasteiger partial charge in [-0.2, -0.15) is 0 Å². The van der Waals surface area contributed by atoms with Crippen LogP contribution in [0.4, 0.5) is 4.39 Å². The molecule has 2 aromatic rings. The Morgan fingerprint density at radius 2 is 1.83 bits per heavy atom. The van der Waals surface area contributed by atoms with Gasteiger partial charge in [0.25, 0.3) is 0 Å². The maximum absolute atomic E-state index is 13.7. The van der Waals surface area contributed by atoms with Crippen LogP contribution >= 0.6 is 12.4 Å². The van der Waals surface area contributed by atoms with Crippen LogP contribution < -0.4 is 5.32 Å². The third kappa shape index (κ3) is 3.89. The molecule has 122 valence electrons. The molecule has 0 saturated carbocycles. The highest BCUT2D eigenvalue weighted by Gasteiger charge is 2.26. The number of hydrogen-bond acceptors (Lipinski definition) is 2. The van der Waals surface area contributed by atoms with E-state index in [1.54, 1.807) is 30.1 Å². The first-order chi connectivity index (χ1) is 10.6. The van der Waals surface area contributed by atoms with Gasteiger partial charge in [0.1, 0.15) is 5.82 Å². The highest BCUT2D eigenvalue weighted by atomic mass is 35.5. The van der Waals surface area contributed by atoms with Crippen LogP contribution in [0.25, 0.3) is 0 Å². The number of nitrogens with one attached hydrogen (secondary N) is 1. The molecule has 1 aliphatic rings. The Hall–Kier alpha value is -1.91. The van der Waals surface area contributed by atoms with Crippen molar-refractivity contribution in [2.75, 3.05) is 7.05 Å². The van der Waals surface area contributed by atoms with Crippen LogP contribution in [0, 0.1) is 5.82 Å². The number of rotatable bonds is 3. The Labute approximate surface area is 141 Å². The third-order valence-corrected chi connectivity index (χ3v) is 4.12. The van der Waals surface area contributed by atoms with Crippen LogP contribution in [0.3, 0.4) is 0 Å². The Morgan fingerprint density at radius 1 is 1.17 bits per heavy atom. The number of carbonyl (C=O) groups is 1. The molecule has 3 nitrogen and oxygen atoms in total. The fourth-order valence-corrected chi connectivity index (χ4v) is 2.86. The van der Waals surface area contributed by atoms with Gasteiger partial charge in [-0.1, -0.05) is 42.5 Å². The lowest BCUT2D eigenvalue weighted by molar-refractivity contribution is -0.132. The van der Waals surface area contributed by atoms with Crippen molar-refractivity contribution in [2.24, 2.45) is 0 Å². The van der Waals surface area contributed by atoms with Crippen molar-refractivity contribution in [2.45, 2.75) is 25.6 Å². The first-order valence-corrected chi connectivity index (χ1v) is 7.43. The van der Waals surface area contributed by atoms with Gasteiger partial charge in [0.15, 0.2) is 0 Å². The number of halogens is 2. The van der Waals surface area contributed by atoms with E-state index in [1.165, 1.54) is 17.2 Å². The highest BCUT2D eigenvalue weighted by Crippen LogP contribution is 2.18. The second-order valence-electron chi connectivity index (χ2n) is 5.69. The molecule has 0 spiro atoms. The molecule has 1 aliphatic heterocycles. The molecule has 1 atom stereocenters. The van der Waals surface area contributed by atoms with E-state index in [4.69, 9.17) is 0 Å². The van der Waals surface area contributed by atoms with Crippen molar-refractivity contribution in [3.05, 3.63) is 71.0 Å². The molecule has 5 heteroatoms. The maximum Gasteiger partial charge on any atom is 0.240 e. The molecule has 1 amide bonds. The molecule has 1 unspecified atom stereocenters. The minimum absolute atomic E-state index is 0. The predicted molar refractivity (Wildman–Crippen MR) is 90.9 cm³/mol. The Bertz CT molecular complexity index is 692. The number of amides is 1. The minimum Gasteiger partial charge on any atom is -0.340 e. The van der Waals surface area contributed by atoms with Crippen molar-refractivity contribution < 1.29 is 9.18 Å². The summed E-state index contributed by atoms with van der Waals surface area (Å²) in [7, 11) is 1.72. The van der Waals surface area contributed by atoms with E-state index in [-0.39, 0.29) is 36.7 Å². The molecule has 0 aromatic heterocycles. The molecule has 0 fully saturated rings. The molecule has 2 aromatic carbocycles. The molecule has 1 N–H and O–H groups in total. The normalized spacial score (nSPS) is 16.2. The summed E-state index contributed by atoms with van der Waals surface area (Å²) >= 11 is 0. The first kappa shape index (κ1) is 17.4. The average Bonchev–Trinajstić information content (AvgIpc) is 2.55. The van der Waals surface area contributed by atoms with E-state index in [2.05, 4.69) is 17.4 Å².